The molecule has 1 unspecified atom stereocenters. The highest BCUT2D eigenvalue weighted by Crippen LogP contribution is 2.30. The number of benzene rings is 3. The van der Waals surface area contributed by atoms with Gasteiger partial charge >= 0.3 is 0 Å². The molecule has 0 amide bonds. The van der Waals surface area contributed by atoms with Crippen LogP contribution in [0.4, 0.5) is 0 Å². The zero-order valence-corrected chi connectivity index (χ0v) is 14.7. The van der Waals surface area contributed by atoms with E-state index in [0.29, 0.717) is 5.92 Å². The molecule has 0 heteroatoms. The Kier molecular flexibility index (Phi) is 5.48. The molecule has 3 aromatic carbocycles. The van der Waals surface area contributed by atoms with Crippen LogP contribution in [-0.2, 0) is 12.8 Å². The third-order valence-electron chi connectivity index (χ3n) is 4.87. The van der Waals surface area contributed by atoms with Crippen LogP contribution in [0, 0.1) is 0 Å². The Hall–Kier alpha value is -2.34. The lowest BCUT2D eigenvalue weighted by atomic mass is 9.85. The molecule has 0 bridgehead atoms. The maximum atomic E-state index is 2.36. The first-order valence-electron chi connectivity index (χ1n) is 8.96. The van der Waals surface area contributed by atoms with Gasteiger partial charge in [-0.1, -0.05) is 92.7 Å². The lowest BCUT2D eigenvalue weighted by molar-refractivity contribution is 0.716. The van der Waals surface area contributed by atoms with Gasteiger partial charge in [-0.2, -0.15) is 0 Å². The summed E-state index contributed by atoms with van der Waals surface area (Å²) in [4.78, 5) is 0. The van der Waals surface area contributed by atoms with Gasteiger partial charge in [-0.3, -0.25) is 0 Å². The molecule has 3 aromatic rings. The van der Waals surface area contributed by atoms with Gasteiger partial charge in [0.2, 0.25) is 0 Å². The summed E-state index contributed by atoms with van der Waals surface area (Å²) in [7, 11) is 0. The molecule has 24 heavy (non-hydrogen) atoms. The van der Waals surface area contributed by atoms with Crippen LogP contribution in [0.25, 0.3) is 0 Å². The van der Waals surface area contributed by atoms with Gasteiger partial charge in [-0.15, -0.1) is 0 Å². The molecule has 0 radical (unpaired) electrons. The van der Waals surface area contributed by atoms with Crippen molar-refractivity contribution in [1.29, 1.82) is 0 Å². The Bertz CT molecular complexity index is 697. The van der Waals surface area contributed by atoms with Crippen molar-refractivity contribution in [3.05, 3.63) is 107 Å². The molecule has 0 aliphatic heterocycles. The van der Waals surface area contributed by atoms with Gasteiger partial charge in [0.25, 0.3) is 0 Å². The van der Waals surface area contributed by atoms with Crippen molar-refractivity contribution in [2.24, 2.45) is 0 Å². The summed E-state index contributed by atoms with van der Waals surface area (Å²) in [5.74, 6) is 0.587. The van der Waals surface area contributed by atoms with Gasteiger partial charge in [-0.25, -0.2) is 0 Å². The summed E-state index contributed by atoms with van der Waals surface area (Å²) >= 11 is 0. The molecule has 1 atom stereocenters. The predicted molar refractivity (Wildman–Crippen MR) is 104 cm³/mol. The number of hydrogen-bond acceptors (Lipinski definition) is 0. The van der Waals surface area contributed by atoms with Crippen molar-refractivity contribution in [2.45, 2.75) is 39.0 Å². The Balaban J connectivity index is 1.98. The molecule has 0 fully saturated rings. The molecule has 0 aromatic heterocycles. The van der Waals surface area contributed by atoms with Gasteiger partial charge in [0.15, 0.2) is 0 Å². The van der Waals surface area contributed by atoms with E-state index >= 15 is 0 Å². The number of rotatable bonds is 6. The van der Waals surface area contributed by atoms with Crippen LogP contribution < -0.4 is 0 Å². The van der Waals surface area contributed by atoms with E-state index in [0.717, 1.165) is 12.8 Å². The summed E-state index contributed by atoms with van der Waals surface area (Å²) in [6.45, 7) is 4.65. The van der Waals surface area contributed by atoms with Crippen molar-refractivity contribution < 1.29 is 0 Å². The van der Waals surface area contributed by atoms with E-state index in [1.54, 1.807) is 5.56 Å². The predicted octanol–water partition coefficient (Wildman–Crippen LogP) is 6.38. The van der Waals surface area contributed by atoms with Crippen molar-refractivity contribution in [1.82, 2.24) is 0 Å². The van der Waals surface area contributed by atoms with E-state index in [9.17, 15) is 0 Å². The van der Waals surface area contributed by atoms with E-state index in [1.165, 1.54) is 28.7 Å². The van der Waals surface area contributed by atoms with Crippen molar-refractivity contribution >= 4 is 0 Å². The zero-order chi connectivity index (χ0) is 16.8. The molecular formula is C24H26. The lowest BCUT2D eigenvalue weighted by Gasteiger charge is -2.20. The quantitative estimate of drug-likeness (QED) is 0.495. The van der Waals surface area contributed by atoms with Crippen molar-refractivity contribution in [2.75, 3.05) is 0 Å². The minimum atomic E-state index is 0.587. The topological polar surface area (TPSA) is 0 Å². The van der Waals surface area contributed by atoms with Crippen molar-refractivity contribution in [3.8, 4) is 0 Å². The highest BCUT2D eigenvalue weighted by Gasteiger charge is 2.14. The average molecular weight is 314 g/mol. The van der Waals surface area contributed by atoms with E-state index in [2.05, 4.69) is 92.7 Å². The molecular weight excluding hydrogens is 288 g/mol. The fourth-order valence-electron chi connectivity index (χ4n) is 3.44. The van der Waals surface area contributed by atoms with Gasteiger partial charge < -0.3 is 0 Å². The van der Waals surface area contributed by atoms with Gasteiger partial charge in [0.05, 0.1) is 0 Å². The molecule has 122 valence electrons. The second-order valence-electron chi connectivity index (χ2n) is 6.62. The van der Waals surface area contributed by atoms with Crippen LogP contribution in [0.15, 0.2) is 78.9 Å². The fourth-order valence-corrected chi connectivity index (χ4v) is 3.44. The monoisotopic (exact) mass is 314 g/mol. The molecule has 0 aliphatic rings. The summed E-state index contributed by atoms with van der Waals surface area (Å²) in [5.41, 5.74) is 7.28. The van der Waals surface area contributed by atoms with Crippen molar-refractivity contribution in [3.63, 3.8) is 0 Å². The highest BCUT2D eigenvalue weighted by atomic mass is 14.2. The van der Waals surface area contributed by atoms with Crippen LogP contribution in [0.2, 0.25) is 0 Å². The summed E-state index contributed by atoms with van der Waals surface area (Å²) < 4.78 is 0. The first-order valence-corrected chi connectivity index (χ1v) is 8.96. The SMILES string of the molecule is CCC(C)c1c(Cc2ccccc2)cccc1Cc1ccccc1. The largest absolute Gasteiger partial charge is 0.0648 e. The van der Waals surface area contributed by atoms with E-state index < -0.39 is 0 Å². The smallest absolute Gasteiger partial charge is 0.00228 e. The van der Waals surface area contributed by atoms with Gasteiger partial charge in [0, 0.05) is 0 Å². The lowest BCUT2D eigenvalue weighted by Crippen LogP contribution is -2.05. The minimum Gasteiger partial charge on any atom is -0.0648 e. The minimum absolute atomic E-state index is 0.587. The van der Waals surface area contributed by atoms with Crippen LogP contribution in [0.3, 0.4) is 0 Å². The Morgan fingerprint density at radius 3 is 1.50 bits per heavy atom. The van der Waals surface area contributed by atoms with E-state index in [-0.39, 0.29) is 0 Å². The second-order valence-corrected chi connectivity index (χ2v) is 6.62. The van der Waals surface area contributed by atoms with Gasteiger partial charge in [-0.05, 0) is 53.0 Å². The molecule has 0 heterocycles. The molecule has 0 nitrogen and oxygen atoms in total. The third-order valence-corrected chi connectivity index (χ3v) is 4.87. The molecule has 0 spiro atoms. The van der Waals surface area contributed by atoms with Crippen LogP contribution >= 0.6 is 0 Å². The molecule has 0 aliphatic carbocycles. The molecule has 0 N–H and O–H groups in total. The summed E-state index contributed by atoms with van der Waals surface area (Å²) in [6, 6.07) is 28.4. The fraction of sp³-hybridized carbons (Fsp3) is 0.250. The molecule has 3 rings (SSSR count). The number of hydrogen-bond donors (Lipinski definition) is 0. The Morgan fingerprint density at radius 2 is 1.08 bits per heavy atom. The Labute approximate surface area is 146 Å². The second kappa shape index (κ2) is 7.97. The van der Waals surface area contributed by atoms with Crippen LogP contribution in [0.1, 0.15) is 54.0 Å². The zero-order valence-electron chi connectivity index (χ0n) is 14.7. The average Bonchev–Trinajstić information content (AvgIpc) is 2.63. The molecule has 0 saturated heterocycles. The maximum absolute atomic E-state index is 2.36. The standard InChI is InChI=1S/C24H26/c1-3-19(2)24-22(17-20-11-6-4-7-12-20)15-10-16-23(24)18-21-13-8-5-9-14-21/h4-16,19H,3,17-18H2,1-2H3. The first-order chi connectivity index (χ1) is 11.8. The van der Waals surface area contributed by atoms with Crippen LogP contribution in [0.5, 0.6) is 0 Å². The van der Waals surface area contributed by atoms with E-state index in [4.69, 9.17) is 0 Å². The molecule has 0 saturated carbocycles. The Morgan fingerprint density at radius 1 is 0.625 bits per heavy atom. The highest BCUT2D eigenvalue weighted by molar-refractivity contribution is 5.43. The summed E-state index contributed by atoms with van der Waals surface area (Å²) in [5, 5.41) is 0. The normalized spacial score (nSPS) is 12.1. The third kappa shape index (κ3) is 3.94. The van der Waals surface area contributed by atoms with E-state index in [1.807, 2.05) is 0 Å². The first kappa shape index (κ1) is 16.5. The maximum Gasteiger partial charge on any atom is -0.00228 e. The van der Waals surface area contributed by atoms with Crippen LogP contribution in [-0.4, -0.2) is 0 Å². The summed E-state index contributed by atoms with van der Waals surface area (Å²) in [6.07, 6.45) is 3.21. The van der Waals surface area contributed by atoms with Gasteiger partial charge in [0.1, 0.15) is 0 Å².